The van der Waals surface area contributed by atoms with Gasteiger partial charge in [-0.2, -0.15) is 5.10 Å². The second kappa shape index (κ2) is 4.18. The maximum Gasteiger partial charge on any atom is 0.0940 e. The molecular formula is C11H18N2OS. The van der Waals surface area contributed by atoms with Gasteiger partial charge < -0.3 is 5.11 Å². The number of hydrogen-bond acceptors (Lipinski definition) is 3. The van der Waals surface area contributed by atoms with Gasteiger partial charge in [0, 0.05) is 12.8 Å². The second-order valence-electron chi connectivity index (χ2n) is 4.47. The van der Waals surface area contributed by atoms with E-state index in [1.165, 1.54) is 12.8 Å². The van der Waals surface area contributed by atoms with Gasteiger partial charge in [0.25, 0.3) is 0 Å². The molecule has 0 radical (unpaired) electrons. The Hall–Kier alpha value is -0.480. The van der Waals surface area contributed by atoms with Crippen LogP contribution in [0.5, 0.6) is 0 Å². The van der Waals surface area contributed by atoms with E-state index >= 15 is 0 Å². The topological polar surface area (TPSA) is 38.0 Å². The molecule has 15 heavy (non-hydrogen) atoms. The van der Waals surface area contributed by atoms with E-state index in [-0.39, 0.29) is 0 Å². The van der Waals surface area contributed by atoms with Crippen LogP contribution in [0.2, 0.25) is 0 Å². The SMILES string of the molecule is Cc1cc(SCC2(O)CCCC2)n(C)n1. The van der Waals surface area contributed by atoms with Crippen LogP contribution in [0.1, 0.15) is 31.4 Å². The Kier molecular flexibility index (Phi) is 3.07. The standard InChI is InChI=1S/C11H18N2OS/c1-9-7-10(13(2)12-9)15-8-11(14)5-3-4-6-11/h7,14H,3-6,8H2,1-2H3. The summed E-state index contributed by atoms with van der Waals surface area (Å²) in [4.78, 5) is 0. The van der Waals surface area contributed by atoms with Crippen LogP contribution in [0.3, 0.4) is 0 Å². The summed E-state index contributed by atoms with van der Waals surface area (Å²) in [7, 11) is 1.95. The lowest BCUT2D eigenvalue weighted by Gasteiger charge is -2.20. The summed E-state index contributed by atoms with van der Waals surface area (Å²) in [6, 6.07) is 2.07. The molecule has 1 aromatic rings. The Balaban J connectivity index is 1.95. The van der Waals surface area contributed by atoms with Gasteiger partial charge in [0.05, 0.1) is 16.3 Å². The number of rotatable bonds is 3. The Morgan fingerprint density at radius 3 is 2.73 bits per heavy atom. The van der Waals surface area contributed by atoms with Gasteiger partial charge in [-0.1, -0.05) is 12.8 Å². The molecule has 0 aromatic carbocycles. The molecule has 0 saturated heterocycles. The van der Waals surface area contributed by atoms with E-state index in [1.807, 2.05) is 18.7 Å². The van der Waals surface area contributed by atoms with Gasteiger partial charge in [-0.15, -0.1) is 11.8 Å². The third kappa shape index (κ3) is 2.55. The van der Waals surface area contributed by atoms with Crippen molar-refractivity contribution >= 4 is 11.8 Å². The molecule has 0 spiro atoms. The molecule has 1 saturated carbocycles. The van der Waals surface area contributed by atoms with Crippen molar-refractivity contribution in [2.45, 2.75) is 43.2 Å². The van der Waals surface area contributed by atoms with Crippen LogP contribution in [0.25, 0.3) is 0 Å². The van der Waals surface area contributed by atoms with Gasteiger partial charge in [0.2, 0.25) is 0 Å². The van der Waals surface area contributed by atoms with Crippen LogP contribution in [0.15, 0.2) is 11.1 Å². The highest BCUT2D eigenvalue weighted by Crippen LogP contribution is 2.34. The molecule has 0 bridgehead atoms. The van der Waals surface area contributed by atoms with Crippen molar-refractivity contribution in [3.8, 4) is 0 Å². The molecule has 2 rings (SSSR count). The summed E-state index contributed by atoms with van der Waals surface area (Å²) in [6.45, 7) is 1.99. The van der Waals surface area contributed by atoms with E-state index in [4.69, 9.17) is 0 Å². The first-order valence-electron chi connectivity index (χ1n) is 5.45. The Labute approximate surface area is 94.9 Å². The maximum atomic E-state index is 10.2. The number of aryl methyl sites for hydroxylation is 2. The summed E-state index contributed by atoms with van der Waals surface area (Å²) in [6.07, 6.45) is 4.25. The second-order valence-corrected chi connectivity index (χ2v) is 5.46. The Bertz CT molecular complexity index is 342. The first-order valence-corrected chi connectivity index (χ1v) is 6.43. The molecule has 1 aliphatic carbocycles. The lowest BCUT2D eigenvalue weighted by Crippen LogP contribution is -2.27. The number of aliphatic hydroxyl groups is 1. The van der Waals surface area contributed by atoms with Crippen LogP contribution in [0.4, 0.5) is 0 Å². The largest absolute Gasteiger partial charge is 0.389 e. The predicted molar refractivity (Wildman–Crippen MR) is 62.1 cm³/mol. The van der Waals surface area contributed by atoms with E-state index in [1.54, 1.807) is 11.8 Å². The molecule has 3 nitrogen and oxygen atoms in total. The van der Waals surface area contributed by atoms with Crippen molar-refractivity contribution in [2.75, 3.05) is 5.75 Å². The molecule has 1 heterocycles. The monoisotopic (exact) mass is 226 g/mol. The summed E-state index contributed by atoms with van der Waals surface area (Å²) in [5.74, 6) is 0.798. The zero-order valence-corrected chi connectivity index (χ0v) is 10.2. The highest BCUT2D eigenvalue weighted by atomic mass is 32.2. The highest BCUT2D eigenvalue weighted by Gasteiger charge is 2.31. The van der Waals surface area contributed by atoms with Crippen LogP contribution < -0.4 is 0 Å². The molecule has 1 aromatic heterocycles. The van der Waals surface area contributed by atoms with Crippen molar-refractivity contribution in [1.82, 2.24) is 9.78 Å². The minimum atomic E-state index is -0.428. The summed E-state index contributed by atoms with van der Waals surface area (Å²) >= 11 is 1.71. The van der Waals surface area contributed by atoms with Gasteiger partial charge in [-0.3, -0.25) is 4.68 Å². The van der Waals surface area contributed by atoms with Crippen molar-refractivity contribution in [3.63, 3.8) is 0 Å². The van der Waals surface area contributed by atoms with Crippen molar-refractivity contribution in [3.05, 3.63) is 11.8 Å². The van der Waals surface area contributed by atoms with Gasteiger partial charge in [-0.05, 0) is 25.8 Å². The summed E-state index contributed by atoms with van der Waals surface area (Å²) in [5, 5.41) is 15.6. The smallest absolute Gasteiger partial charge is 0.0940 e. The molecule has 84 valence electrons. The quantitative estimate of drug-likeness (QED) is 0.802. The predicted octanol–water partition coefficient (Wildman–Crippen LogP) is 2.13. The third-order valence-electron chi connectivity index (χ3n) is 2.98. The third-order valence-corrected chi connectivity index (χ3v) is 4.34. The van der Waals surface area contributed by atoms with Crippen molar-refractivity contribution in [2.24, 2.45) is 7.05 Å². The fourth-order valence-electron chi connectivity index (χ4n) is 2.11. The lowest BCUT2D eigenvalue weighted by atomic mass is 10.1. The minimum absolute atomic E-state index is 0.428. The average Bonchev–Trinajstić information content (AvgIpc) is 2.71. The van der Waals surface area contributed by atoms with E-state index in [9.17, 15) is 5.11 Å². The fraction of sp³-hybridized carbons (Fsp3) is 0.727. The Morgan fingerprint density at radius 1 is 1.53 bits per heavy atom. The van der Waals surface area contributed by atoms with Crippen LogP contribution >= 0.6 is 11.8 Å². The number of thioether (sulfide) groups is 1. The van der Waals surface area contributed by atoms with Gasteiger partial charge in [0.1, 0.15) is 0 Å². The first-order chi connectivity index (χ1) is 7.09. The summed E-state index contributed by atoms with van der Waals surface area (Å²) in [5.41, 5.74) is 0.612. The highest BCUT2D eigenvalue weighted by molar-refractivity contribution is 7.99. The van der Waals surface area contributed by atoms with E-state index in [2.05, 4.69) is 11.2 Å². The molecule has 0 aliphatic heterocycles. The molecule has 0 atom stereocenters. The lowest BCUT2D eigenvalue weighted by molar-refractivity contribution is 0.0732. The molecular weight excluding hydrogens is 208 g/mol. The molecule has 1 aliphatic rings. The van der Waals surface area contributed by atoms with Gasteiger partial charge in [0.15, 0.2) is 0 Å². The molecule has 0 amide bonds. The zero-order valence-electron chi connectivity index (χ0n) is 9.36. The van der Waals surface area contributed by atoms with Crippen LogP contribution in [0, 0.1) is 6.92 Å². The zero-order chi connectivity index (χ0) is 10.9. The first kappa shape index (κ1) is 11.0. The number of hydrogen-bond donors (Lipinski definition) is 1. The normalized spacial score (nSPS) is 19.7. The van der Waals surface area contributed by atoms with E-state index in [0.717, 1.165) is 29.3 Å². The fourth-order valence-corrected chi connectivity index (χ4v) is 3.29. The molecule has 1 N–H and O–H groups in total. The number of nitrogens with zero attached hydrogens (tertiary/aromatic N) is 2. The number of aromatic nitrogens is 2. The molecule has 4 heteroatoms. The van der Waals surface area contributed by atoms with Gasteiger partial charge >= 0.3 is 0 Å². The van der Waals surface area contributed by atoms with E-state index in [0.29, 0.717) is 0 Å². The minimum Gasteiger partial charge on any atom is -0.389 e. The average molecular weight is 226 g/mol. The Morgan fingerprint density at radius 2 is 2.20 bits per heavy atom. The maximum absolute atomic E-state index is 10.2. The van der Waals surface area contributed by atoms with Crippen LogP contribution in [-0.2, 0) is 7.05 Å². The molecule has 0 unspecified atom stereocenters. The van der Waals surface area contributed by atoms with Crippen molar-refractivity contribution < 1.29 is 5.11 Å². The van der Waals surface area contributed by atoms with Crippen molar-refractivity contribution in [1.29, 1.82) is 0 Å². The summed E-state index contributed by atoms with van der Waals surface area (Å²) < 4.78 is 1.89. The van der Waals surface area contributed by atoms with E-state index < -0.39 is 5.60 Å². The molecule has 1 fully saturated rings. The van der Waals surface area contributed by atoms with Crippen LogP contribution in [-0.4, -0.2) is 26.2 Å². The van der Waals surface area contributed by atoms with Gasteiger partial charge in [-0.25, -0.2) is 0 Å².